The molecule has 12 nitrogen and oxygen atoms in total. The minimum absolute atomic E-state index is 0.0454. The number of aliphatic imine (C=N–C) groups is 1. The number of azide groups is 1. The molecule has 0 radical (unpaired) electrons. The largest absolute Gasteiger partial charge is 0.494 e. The van der Waals surface area contributed by atoms with Gasteiger partial charge in [0.25, 0.3) is 5.91 Å². The molecule has 1 amide bonds. The number of aliphatic hydroxyl groups is 1. The van der Waals surface area contributed by atoms with Crippen molar-refractivity contribution in [2.75, 3.05) is 34.0 Å². The number of methoxy groups -OCH3 is 2. The number of nitrogens with one attached hydrogen (secondary N) is 2. The van der Waals surface area contributed by atoms with Gasteiger partial charge in [0.05, 0.1) is 27.4 Å². The summed E-state index contributed by atoms with van der Waals surface area (Å²) in [4.78, 5) is 21.9. The fourth-order valence-corrected chi connectivity index (χ4v) is 5.05. The van der Waals surface area contributed by atoms with Crippen molar-refractivity contribution < 1.29 is 28.8 Å². The van der Waals surface area contributed by atoms with E-state index in [0.29, 0.717) is 59.9 Å². The van der Waals surface area contributed by atoms with Crippen molar-refractivity contribution >= 4 is 11.8 Å². The average Bonchev–Trinajstić information content (AvgIpc) is 3.46. The predicted molar refractivity (Wildman–Crippen MR) is 170 cm³/mol. The Morgan fingerprint density at radius 1 is 1.16 bits per heavy atom. The van der Waals surface area contributed by atoms with Crippen molar-refractivity contribution in [2.45, 2.75) is 37.5 Å². The number of benzene rings is 3. The summed E-state index contributed by atoms with van der Waals surface area (Å²) in [6.45, 7) is 4.86. The van der Waals surface area contributed by atoms with Gasteiger partial charge in [-0.2, -0.15) is 0 Å². The van der Waals surface area contributed by atoms with Crippen LogP contribution in [0, 0.1) is 0 Å². The molecule has 1 heterocycles. The third-order valence-electron chi connectivity index (χ3n) is 7.32. The number of carbonyl (C=O) groups is 1. The van der Waals surface area contributed by atoms with E-state index in [2.05, 4.69) is 27.5 Å². The minimum atomic E-state index is -1.42. The van der Waals surface area contributed by atoms with Gasteiger partial charge in [-0.25, -0.2) is 10.4 Å². The normalized spacial score (nSPS) is 17.0. The highest BCUT2D eigenvalue weighted by Gasteiger charge is 2.53. The molecule has 236 valence electrons. The molecule has 1 aliphatic rings. The topological polar surface area (TPSA) is 159 Å². The van der Waals surface area contributed by atoms with E-state index < -0.39 is 17.6 Å². The van der Waals surface area contributed by atoms with Crippen LogP contribution < -0.4 is 25.1 Å². The molecule has 1 aliphatic heterocycles. The molecule has 0 unspecified atom stereocenters. The number of hydrazine groups is 1. The fourth-order valence-electron chi connectivity index (χ4n) is 5.05. The maximum Gasteiger partial charge on any atom is 0.266 e. The molecular formula is C33H38N6O6. The molecule has 3 N–H and O–H groups in total. The molecule has 12 heteroatoms. The van der Waals surface area contributed by atoms with Gasteiger partial charge in [0.15, 0.2) is 23.1 Å². The first kappa shape index (κ1) is 32.9. The van der Waals surface area contributed by atoms with Gasteiger partial charge in [0.2, 0.25) is 5.90 Å². The van der Waals surface area contributed by atoms with Gasteiger partial charge in [-0.15, -0.1) is 6.58 Å². The van der Waals surface area contributed by atoms with Crippen LogP contribution in [-0.4, -0.2) is 56.4 Å². The Bertz CT molecular complexity index is 1540. The number of hydrogen-bond donors (Lipinski definition) is 3. The van der Waals surface area contributed by atoms with Gasteiger partial charge >= 0.3 is 0 Å². The molecule has 0 saturated heterocycles. The molecule has 2 atom stereocenters. The quantitative estimate of drug-likeness (QED) is 0.0483. The van der Waals surface area contributed by atoms with Crippen molar-refractivity contribution in [3.05, 3.63) is 112 Å². The Kier molecular flexibility index (Phi) is 11.8. The lowest BCUT2D eigenvalue weighted by atomic mass is 9.83. The molecule has 0 bridgehead atoms. The van der Waals surface area contributed by atoms with E-state index >= 15 is 0 Å². The van der Waals surface area contributed by atoms with E-state index in [9.17, 15) is 4.79 Å². The third kappa shape index (κ3) is 7.93. The minimum Gasteiger partial charge on any atom is -0.494 e. The second kappa shape index (κ2) is 16.2. The van der Waals surface area contributed by atoms with Crippen molar-refractivity contribution in [1.29, 1.82) is 0 Å². The summed E-state index contributed by atoms with van der Waals surface area (Å²) in [5.41, 5.74) is 16.5. The van der Waals surface area contributed by atoms with E-state index in [0.717, 1.165) is 5.56 Å². The SMILES string of the molecule is C=CC[C@]1(C(=O)NNCCc2ccc(OC)c(OC)c2)N=C(c2ccc(OCCCO)cc2)O[C@H]1c1ccccc1CN=[N+]=[N-]. The monoisotopic (exact) mass is 614 g/mol. The number of carbonyl (C=O) groups excluding carboxylic acids is 1. The van der Waals surface area contributed by atoms with Gasteiger partial charge in [-0.05, 0) is 65.0 Å². The molecule has 0 aliphatic carbocycles. The number of rotatable bonds is 17. The molecule has 0 aromatic heterocycles. The highest BCUT2D eigenvalue weighted by atomic mass is 16.5. The van der Waals surface area contributed by atoms with Crippen LogP contribution in [-0.2, 0) is 22.5 Å². The maximum atomic E-state index is 14.1. The first-order valence-electron chi connectivity index (χ1n) is 14.5. The van der Waals surface area contributed by atoms with Crippen LogP contribution >= 0.6 is 0 Å². The second-order valence-corrected chi connectivity index (χ2v) is 10.2. The smallest absolute Gasteiger partial charge is 0.266 e. The first-order valence-corrected chi connectivity index (χ1v) is 14.5. The van der Waals surface area contributed by atoms with Crippen molar-refractivity contribution in [2.24, 2.45) is 10.1 Å². The van der Waals surface area contributed by atoms with Crippen LogP contribution in [0.5, 0.6) is 17.2 Å². The van der Waals surface area contributed by atoms with Crippen LogP contribution in [0.4, 0.5) is 0 Å². The molecule has 0 fully saturated rings. The van der Waals surface area contributed by atoms with Gasteiger partial charge in [0, 0.05) is 36.5 Å². The number of aliphatic hydroxyl groups excluding tert-OH is 1. The van der Waals surface area contributed by atoms with Gasteiger partial charge in [-0.1, -0.05) is 41.5 Å². The van der Waals surface area contributed by atoms with Crippen LogP contribution in [0.3, 0.4) is 0 Å². The lowest BCUT2D eigenvalue weighted by molar-refractivity contribution is -0.129. The number of amides is 1. The third-order valence-corrected chi connectivity index (χ3v) is 7.32. The Hall–Kier alpha value is -5.03. The molecular weight excluding hydrogens is 576 g/mol. The van der Waals surface area contributed by atoms with E-state index in [-0.39, 0.29) is 25.5 Å². The van der Waals surface area contributed by atoms with Gasteiger partial charge < -0.3 is 24.1 Å². The first-order chi connectivity index (χ1) is 22.0. The van der Waals surface area contributed by atoms with Gasteiger partial charge in [0.1, 0.15) is 5.75 Å². The number of hydrogen-bond acceptors (Lipinski definition) is 9. The van der Waals surface area contributed by atoms with Crippen LogP contribution in [0.15, 0.2) is 89.5 Å². The Morgan fingerprint density at radius 2 is 1.93 bits per heavy atom. The Morgan fingerprint density at radius 3 is 2.64 bits per heavy atom. The summed E-state index contributed by atoms with van der Waals surface area (Å²) in [5, 5.41) is 12.8. The Balaban J connectivity index is 1.61. The average molecular weight is 615 g/mol. The summed E-state index contributed by atoms with van der Waals surface area (Å²) in [6.07, 6.45) is 2.09. The molecule has 45 heavy (non-hydrogen) atoms. The zero-order chi connectivity index (χ0) is 32.1. The van der Waals surface area contributed by atoms with Crippen LogP contribution in [0.2, 0.25) is 0 Å². The zero-order valence-corrected chi connectivity index (χ0v) is 25.4. The summed E-state index contributed by atoms with van der Waals surface area (Å²) in [7, 11) is 3.17. The number of nitrogens with zero attached hydrogens (tertiary/aromatic N) is 4. The zero-order valence-electron chi connectivity index (χ0n) is 25.4. The summed E-state index contributed by atoms with van der Waals surface area (Å²) >= 11 is 0. The highest BCUT2D eigenvalue weighted by molar-refractivity contribution is 6.01. The standard InChI is InChI=1S/C33H38N6O6/c1-4-17-33(32(41)38-35-18-16-23-10-15-28(42-2)29(21-23)43-3)30(27-9-6-5-8-25(27)22-36-39-34)45-31(37-33)24-11-13-26(14-12-24)44-20-7-19-40/h4-6,8-15,21,30,35,40H,1,7,16-20,22H2,2-3H3,(H,38,41)/t30-,33-/m0/s1. The second-order valence-electron chi connectivity index (χ2n) is 10.2. The molecule has 3 aromatic carbocycles. The summed E-state index contributed by atoms with van der Waals surface area (Å²) in [6, 6.07) is 20.2. The highest BCUT2D eigenvalue weighted by Crippen LogP contribution is 2.44. The summed E-state index contributed by atoms with van der Waals surface area (Å²) < 4.78 is 22.9. The van der Waals surface area contributed by atoms with Crippen molar-refractivity contribution in [3.63, 3.8) is 0 Å². The van der Waals surface area contributed by atoms with E-state index in [1.165, 1.54) is 0 Å². The molecule has 4 rings (SSSR count). The number of ether oxygens (including phenoxy) is 4. The molecule has 0 spiro atoms. The lowest BCUT2D eigenvalue weighted by Gasteiger charge is -2.30. The molecule has 3 aromatic rings. The Labute approximate surface area is 262 Å². The van der Waals surface area contributed by atoms with E-state index in [1.54, 1.807) is 44.6 Å². The summed E-state index contributed by atoms with van der Waals surface area (Å²) in [5.74, 6) is 1.77. The van der Waals surface area contributed by atoms with Crippen LogP contribution in [0.1, 0.15) is 41.2 Å². The van der Waals surface area contributed by atoms with E-state index in [4.69, 9.17) is 34.6 Å². The molecule has 0 saturated carbocycles. The lowest BCUT2D eigenvalue weighted by Crippen LogP contribution is -2.53. The fraction of sp³-hybridized carbons (Fsp3) is 0.333. The van der Waals surface area contributed by atoms with E-state index in [1.807, 2.05) is 42.5 Å². The van der Waals surface area contributed by atoms with Crippen molar-refractivity contribution in [3.8, 4) is 17.2 Å². The van der Waals surface area contributed by atoms with Gasteiger partial charge in [-0.3, -0.25) is 10.2 Å². The van der Waals surface area contributed by atoms with Crippen LogP contribution in [0.25, 0.3) is 10.4 Å². The van der Waals surface area contributed by atoms with Crippen molar-refractivity contribution in [1.82, 2.24) is 10.9 Å². The maximum absolute atomic E-state index is 14.1. The predicted octanol–water partition coefficient (Wildman–Crippen LogP) is 4.97.